The van der Waals surface area contributed by atoms with Crippen molar-refractivity contribution < 1.29 is 8.91 Å². The number of benzene rings is 2. The number of nitrogens with zero attached hydrogens (tertiary/aromatic N) is 5. The minimum Gasteiger partial charge on any atom is -0.349 e. The van der Waals surface area contributed by atoms with Gasteiger partial charge in [0.25, 0.3) is 11.8 Å². The molecule has 0 bridgehead atoms. The van der Waals surface area contributed by atoms with Crippen molar-refractivity contribution in [1.82, 2.24) is 24.5 Å². The van der Waals surface area contributed by atoms with E-state index in [4.69, 9.17) is 4.52 Å². The van der Waals surface area contributed by atoms with Crippen LogP contribution in [0, 0.1) is 5.82 Å². The lowest BCUT2D eigenvalue weighted by molar-refractivity contribution is 0.430. The van der Waals surface area contributed by atoms with Crippen molar-refractivity contribution in [1.29, 1.82) is 0 Å². The van der Waals surface area contributed by atoms with Gasteiger partial charge in [-0.1, -0.05) is 30.3 Å². The maximum absolute atomic E-state index is 13.1. The summed E-state index contributed by atoms with van der Waals surface area (Å²) in [7, 11) is 0. The van der Waals surface area contributed by atoms with Crippen molar-refractivity contribution in [3.63, 3.8) is 0 Å². The third-order valence-electron chi connectivity index (χ3n) is 5.44. The Kier molecular flexibility index (Phi) is 5.07. The average molecular weight is 420 g/mol. The summed E-state index contributed by atoms with van der Waals surface area (Å²) in [4.78, 5) is 17.2. The molecule has 1 aliphatic heterocycles. The van der Waals surface area contributed by atoms with Crippen molar-refractivity contribution in [2.75, 3.05) is 5.32 Å². The molecule has 1 unspecified atom stereocenters. The van der Waals surface area contributed by atoms with E-state index in [0.717, 1.165) is 29.8 Å². The lowest BCUT2D eigenvalue weighted by Crippen LogP contribution is -2.27. The van der Waals surface area contributed by atoms with Crippen LogP contribution in [0.2, 0.25) is 0 Å². The maximum Gasteiger partial charge on any atom is 0.346 e. The van der Waals surface area contributed by atoms with Gasteiger partial charge in [0.1, 0.15) is 11.6 Å². The summed E-state index contributed by atoms with van der Waals surface area (Å²) in [6.07, 6.45) is 2.19. The quantitative estimate of drug-likeness (QED) is 0.534. The maximum atomic E-state index is 13.1. The molecule has 0 saturated heterocycles. The SMILES string of the molecule is O=c1n(Cc2ccc(F)cc2)nc2n1CCC(Nc1noc(-c3ccccc3)n1)CC2. The molecule has 5 rings (SSSR count). The molecule has 1 atom stereocenters. The zero-order valence-corrected chi connectivity index (χ0v) is 16.7. The molecule has 9 heteroatoms. The smallest absolute Gasteiger partial charge is 0.346 e. The lowest BCUT2D eigenvalue weighted by Gasteiger charge is -2.13. The Hall–Kier alpha value is -3.75. The molecular weight excluding hydrogens is 399 g/mol. The highest BCUT2D eigenvalue weighted by Crippen LogP contribution is 2.20. The predicted molar refractivity (Wildman–Crippen MR) is 112 cm³/mol. The van der Waals surface area contributed by atoms with E-state index in [1.165, 1.54) is 16.8 Å². The number of rotatable bonds is 5. The van der Waals surface area contributed by atoms with Gasteiger partial charge in [0, 0.05) is 24.6 Å². The van der Waals surface area contributed by atoms with Crippen molar-refractivity contribution in [2.24, 2.45) is 0 Å². The minimum atomic E-state index is -0.298. The van der Waals surface area contributed by atoms with Gasteiger partial charge in [0.05, 0.1) is 6.54 Å². The molecule has 0 spiro atoms. The molecule has 2 aromatic carbocycles. The summed E-state index contributed by atoms with van der Waals surface area (Å²) < 4.78 is 21.6. The van der Waals surface area contributed by atoms with Gasteiger partial charge in [-0.3, -0.25) is 4.57 Å². The Morgan fingerprint density at radius 1 is 1.10 bits per heavy atom. The number of nitrogens with one attached hydrogen (secondary N) is 1. The van der Waals surface area contributed by atoms with Crippen molar-refractivity contribution in [3.8, 4) is 11.5 Å². The van der Waals surface area contributed by atoms with Crippen molar-refractivity contribution in [3.05, 3.63) is 82.3 Å². The van der Waals surface area contributed by atoms with E-state index in [1.807, 2.05) is 30.3 Å². The number of aryl methyl sites for hydroxylation is 1. The summed E-state index contributed by atoms with van der Waals surface area (Å²) in [6.45, 7) is 0.880. The zero-order valence-electron chi connectivity index (χ0n) is 16.7. The molecule has 0 amide bonds. The molecule has 0 radical (unpaired) electrons. The van der Waals surface area contributed by atoms with Gasteiger partial charge in [0.15, 0.2) is 0 Å². The van der Waals surface area contributed by atoms with E-state index in [9.17, 15) is 9.18 Å². The number of aromatic nitrogens is 5. The second kappa shape index (κ2) is 8.17. The first kappa shape index (κ1) is 19.2. The summed E-state index contributed by atoms with van der Waals surface area (Å²) in [5, 5.41) is 11.8. The van der Waals surface area contributed by atoms with Crippen LogP contribution in [-0.2, 0) is 19.5 Å². The van der Waals surface area contributed by atoms with Crippen LogP contribution in [-0.4, -0.2) is 30.5 Å². The number of fused-ring (bicyclic) bond motifs is 1. The monoisotopic (exact) mass is 420 g/mol. The largest absolute Gasteiger partial charge is 0.349 e. The van der Waals surface area contributed by atoms with Gasteiger partial charge >= 0.3 is 5.69 Å². The Balaban J connectivity index is 1.25. The molecule has 8 nitrogen and oxygen atoms in total. The first-order valence-electron chi connectivity index (χ1n) is 10.2. The van der Waals surface area contributed by atoms with Crippen molar-refractivity contribution >= 4 is 5.95 Å². The summed E-state index contributed by atoms with van der Waals surface area (Å²) >= 11 is 0. The van der Waals surface area contributed by atoms with Gasteiger partial charge < -0.3 is 9.84 Å². The average Bonchev–Trinajstić information content (AvgIpc) is 3.31. The van der Waals surface area contributed by atoms with E-state index < -0.39 is 0 Å². The van der Waals surface area contributed by atoms with Crippen LogP contribution in [0.1, 0.15) is 24.2 Å². The van der Waals surface area contributed by atoms with Gasteiger partial charge in [-0.15, -0.1) is 0 Å². The normalized spacial score (nSPS) is 16.0. The Bertz CT molecular complexity index is 1230. The first-order chi connectivity index (χ1) is 15.2. The molecule has 1 N–H and O–H groups in total. The van der Waals surface area contributed by atoms with Gasteiger partial charge in [-0.2, -0.15) is 10.1 Å². The molecule has 0 fully saturated rings. The molecule has 0 aliphatic carbocycles. The van der Waals surface area contributed by atoms with Gasteiger partial charge in [-0.05, 0) is 47.8 Å². The van der Waals surface area contributed by atoms with E-state index in [2.05, 4.69) is 20.6 Å². The fourth-order valence-electron chi connectivity index (χ4n) is 3.80. The third-order valence-corrected chi connectivity index (χ3v) is 5.44. The summed E-state index contributed by atoms with van der Waals surface area (Å²) in [5.74, 6) is 1.37. The molecule has 1 aliphatic rings. The molecule has 158 valence electrons. The lowest BCUT2D eigenvalue weighted by atomic mass is 10.1. The molecule has 4 aromatic rings. The number of anilines is 1. The summed E-state index contributed by atoms with van der Waals surface area (Å²) in [6, 6.07) is 15.8. The van der Waals surface area contributed by atoms with E-state index in [0.29, 0.717) is 31.3 Å². The number of hydrogen-bond acceptors (Lipinski definition) is 6. The second-order valence-electron chi connectivity index (χ2n) is 7.59. The highest BCUT2D eigenvalue weighted by Gasteiger charge is 2.22. The third kappa shape index (κ3) is 4.11. The molecule has 31 heavy (non-hydrogen) atoms. The fraction of sp³-hybridized carbons (Fsp3) is 0.273. The Labute approximate surface area is 177 Å². The minimum absolute atomic E-state index is 0.105. The Morgan fingerprint density at radius 2 is 1.90 bits per heavy atom. The highest BCUT2D eigenvalue weighted by atomic mass is 19.1. The number of halogens is 1. The van der Waals surface area contributed by atoms with Crippen molar-refractivity contribution in [2.45, 2.75) is 38.4 Å². The second-order valence-corrected chi connectivity index (χ2v) is 7.59. The van der Waals surface area contributed by atoms with Crippen LogP contribution < -0.4 is 11.0 Å². The molecule has 2 aromatic heterocycles. The van der Waals surface area contributed by atoms with Crippen LogP contribution in [0.4, 0.5) is 10.3 Å². The molecule has 3 heterocycles. The van der Waals surface area contributed by atoms with Crippen LogP contribution >= 0.6 is 0 Å². The molecular formula is C22H21FN6O2. The topological polar surface area (TPSA) is 90.8 Å². The van der Waals surface area contributed by atoms with Crippen LogP contribution in [0.25, 0.3) is 11.5 Å². The van der Waals surface area contributed by atoms with E-state index in [-0.39, 0.29) is 17.5 Å². The van der Waals surface area contributed by atoms with Crippen LogP contribution in [0.3, 0.4) is 0 Å². The predicted octanol–water partition coefficient (Wildman–Crippen LogP) is 3.10. The van der Waals surface area contributed by atoms with E-state index >= 15 is 0 Å². The highest BCUT2D eigenvalue weighted by molar-refractivity contribution is 5.53. The van der Waals surface area contributed by atoms with Gasteiger partial charge in [0.2, 0.25) is 0 Å². The zero-order chi connectivity index (χ0) is 21.2. The molecule has 0 saturated carbocycles. The van der Waals surface area contributed by atoms with Crippen LogP contribution in [0.5, 0.6) is 0 Å². The van der Waals surface area contributed by atoms with Crippen LogP contribution in [0.15, 0.2) is 63.9 Å². The number of hydrogen-bond donors (Lipinski definition) is 1. The Morgan fingerprint density at radius 3 is 2.71 bits per heavy atom. The van der Waals surface area contributed by atoms with E-state index in [1.54, 1.807) is 16.7 Å². The summed E-state index contributed by atoms with van der Waals surface area (Å²) in [5.41, 5.74) is 1.55. The fourth-order valence-corrected chi connectivity index (χ4v) is 3.80. The first-order valence-corrected chi connectivity index (χ1v) is 10.2. The standard InChI is InChI=1S/C22H21FN6O2/c23-17-8-6-15(7-9-17)14-29-22(30)28-13-12-18(10-11-19(28)26-29)24-21-25-20(31-27-21)16-4-2-1-3-5-16/h1-9,18H,10-14H2,(H,24,27). The van der Waals surface area contributed by atoms with Gasteiger partial charge in [-0.25, -0.2) is 13.9 Å².